The first kappa shape index (κ1) is 20.0. The number of nitrogens with one attached hydrogen (secondary N) is 3. The molecule has 2 saturated heterocycles. The number of hydrogen-bond acceptors (Lipinski definition) is 5. The van der Waals surface area contributed by atoms with E-state index in [0.717, 1.165) is 30.1 Å². The highest BCUT2D eigenvalue weighted by atomic mass is 16.5. The van der Waals surface area contributed by atoms with Crippen LogP contribution in [0.2, 0.25) is 0 Å². The predicted molar refractivity (Wildman–Crippen MR) is 108 cm³/mol. The number of aromatic amines is 1. The van der Waals surface area contributed by atoms with E-state index in [4.69, 9.17) is 4.74 Å². The van der Waals surface area contributed by atoms with Gasteiger partial charge in [0.2, 0.25) is 0 Å². The number of H-pyrrole nitrogens is 1. The van der Waals surface area contributed by atoms with Gasteiger partial charge in [-0.05, 0) is 56.1 Å². The fourth-order valence-electron chi connectivity index (χ4n) is 4.12. The Hall–Kier alpha value is -3.33. The zero-order valence-corrected chi connectivity index (χ0v) is 17.0. The van der Waals surface area contributed by atoms with E-state index in [1.54, 1.807) is 38.3 Å². The lowest BCUT2D eigenvalue weighted by Gasteiger charge is -2.25. The van der Waals surface area contributed by atoms with Crippen molar-refractivity contribution in [2.75, 3.05) is 20.2 Å². The Kier molecular flexibility index (Phi) is 5.21. The van der Waals surface area contributed by atoms with Gasteiger partial charge in [0.1, 0.15) is 11.3 Å². The van der Waals surface area contributed by atoms with Gasteiger partial charge in [-0.1, -0.05) is 12.1 Å². The smallest absolute Gasteiger partial charge is 0.344 e. The number of ether oxygens (including phenoxy) is 1. The molecule has 0 spiro atoms. The second-order valence-electron chi connectivity index (χ2n) is 7.71. The summed E-state index contributed by atoms with van der Waals surface area (Å²) in [4.78, 5) is 43.3. The number of amides is 4. The quantitative estimate of drug-likeness (QED) is 0.627. The summed E-state index contributed by atoms with van der Waals surface area (Å²) in [5.74, 6) is -0.296. The van der Waals surface area contributed by atoms with Crippen molar-refractivity contribution in [2.24, 2.45) is 0 Å². The van der Waals surface area contributed by atoms with Crippen LogP contribution in [0.4, 0.5) is 4.79 Å². The number of likely N-dealkylation sites (tertiary alicyclic amines) is 1. The molecule has 2 aliphatic heterocycles. The summed E-state index contributed by atoms with van der Waals surface area (Å²) in [6, 6.07) is 10.3. The van der Waals surface area contributed by atoms with Crippen LogP contribution in [0.5, 0.6) is 5.75 Å². The van der Waals surface area contributed by atoms with Crippen molar-refractivity contribution in [1.82, 2.24) is 25.6 Å². The Morgan fingerprint density at radius 1 is 1.27 bits per heavy atom. The Bertz CT molecular complexity index is 943. The summed E-state index contributed by atoms with van der Waals surface area (Å²) < 4.78 is 5.14. The lowest BCUT2D eigenvalue weighted by atomic mass is 9.92. The summed E-state index contributed by atoms with van der Waals surface area (Å²) >= 11 is 0. The van der Waals surface area contributed by atoms with E-state index in [1.165, 1.54) is 0 Å². The number of imide groups is 1. The van der Waals surface area contributed by atoms with Gasteiger partial charge < -0.3 is 15.0 Å². The van der Waals surface area contributed by atoms with Gasteiger partial charge in [0.25, 0.3) is 11.8 Å². The van der Waals surface area contributed by atoms with E-state index in [0.29, 0.717) is 11.3 Å². The highest BCUT2D eigenvalue weighted by molar-refractivity contribution is 6.08. The molecule has 0 saturated carbocycles. The molecule has 2 aromatic rings. The van der Waals surface area contributed by atoms with Crippen molar-refractivity contribution in [3.05, 3.63) is 53.9 Å². The normalized spacial score (nSPS) is 24.2. The molecule has 1 aromatic carbocycles. The van der Waals surface area contributed by atoms with Crippen LogP contribution >= 0.6 is 0 Å². The maximum absolute atomic E-state index is 13.0. The second-order valence-corrected chi connectivity index (χ2v) is 7.71. The first-order valence-electron chi connectivity index (χ1n) is 9.90. The molecule has 3 N–H and O–H groups in total. The van der Waals surface area contributed by atoms with Gasteiger partial charge in [-0.25, -0.2) is 4.79 Å². The number of rotatable bonds is 6. The third kappa shape index (κ3) is 3.52. The molecule has 1 aromatic heterocycles. The SMILES string of the molecule is COc1ccc(C2(C)NC(=O)N(NC(=O)CN3CCCC3c3ccc[nH]3)C2=O)cc1. The van der Waals surface area contributed by atoms with Crippen molar-refractivity contribution in [3.8, 4) is 5.75 Å². The Balaban J connectivity index is 1.43. The highest BCUT2D eigenvalue weighted by Gasteiger charge is 2.50. The van der Waals surface area contributed by atoms with E-state index in [1.807, 2.05) is 23.2 Å². The standard InChI is InChI=1S/C21H25N5O4/c1-21(14-7-9-15(30-2)10-8-14)19(28)26(20(29)23-21)24-18(27)13-25-12-4-6-17(25)16-5-3-11-22-16/h3,5,7-11,17,22H,4,6,12-13H2,1-2H3,(H,23,29)(H,24,27). The van der Waals surface area contributed by atoms with E-state index in [2.05, 4.69) is 15.7 Å². The van der Waals surface area contributed by atoms with Crippen LogP contribution < -0.4 is 15.5 Å². The average molecular weight is 411 g/mol. The number of carbonyl (C=O) groups excluding carboxylic acids is 3. The predicted octanol–water partition coefficient (Wildman–Crippen LogP) is 1.66. The van der Waals surface area contributed by atoms with Gasteiger partial charge in [0.15, 0.2) is 0 Å². The van der Waals surface area contributed by atoms with Crippen LogP contribution in [0, 0.1) is 0 Å². The molecular formula is C21H25N5O4. The summed E-state index contributed by atoms with van der Waals surface area (Å²) in [5.41, 5.74) is 2.87. The van der Waals surface area contributed by atoms with E-state index in [-0.39, 0.29) is 12.6 Å². The molecule has 2 unspecified atom stereocenters. The molecule has 2 aliphatic rings. The maximum Gasteiger partial charge on any atom is 0.344 e. The lowest BCUT2D eigenvalue weighted by Crippen LogP contribution is -2.50. The van der Waals surface area contributed by atoms with Crippen LogP contribution in [0.15, 0.2) is 42.6 Å². The average Bonchev–Trinajstić information content (AvgIpc) is 3.46. The van der Waals surface area contributed by atoms with Gasteiger partial charge in [0.05, 0.1) is 19.7 Å². The van der Waals surface area contributed by atoms with Gasteiger partial charge >= 0.3 is 6.03 Å². The molecule has 0 aliphatic carbocycles. The van der Waals surface area contributed by atoms with Crippen molar-refractivity contribution in [1.29, 1.82) is 0 Å². The largest absolute Gasteiger partial charge is 0.497 e. The number of hydrogen-bond donors (Lipinski definition) is 3. The molecular weight excluding hydrogens is 386 g/mol. The van der Waals surface area contributed by atoms with Crippen LogP contribution in [0.3, 0.4) is 0 Å². The van der Waals surface area contributed by atoms with E-state index in [9.17, 15) is 14.4 Å². The van der Waals surface area contributed by atoms with Crippen LogP contribution in [0.1, 0.15) is 37.1 Å². The first-order valence-corrected chi connectivity index (χ1v) is 9.90. The van der Waals surface area contributed by atoms with Gasteiger partial charge in [-0.3, -0.25) is 19.9 Å². The number of urea groups is 1. The monoisotopic (exact) mass is 411 g/mol. The van der Waals surface area contributed by atoms with Gasteiger partial charge in [-0.2, -0.15) is 5.01 Å². The molecule has 4 rings (SSSR count). The zero-order valence-electron chi connectivity index (χ0n) is 17.0. The summed E-state index contributed by atoms with van der Waals surface area (Å²) in [6.07, 6.45) is 3.79. The fourth-order valence-corrected chi connectivity index (χ4v) is 4.12. The molecule has 9 heteroatoms. The van der Waals surface area contributed by atoms with E-state index >= 15 is 0 Å². The lowest BCUT2D eigenvalue weighted by molar-refractivity contribution is -0.139. The molecule has 2 atom stereocenters. The summed E-state index contributed by atoms with van der Waals surface area (Å²) in [5, 5.41) is 3.45. The third-order valence-corrected chi connectivity index (χ3v) is 5.79. The van der Waals surface area contributed by atoms with E-state index < -0.39 is 23.4 Å². The Morgan fingerprint density at radius 3 is 2.70 bits per heavy atom. The molecule has 30 heavy (non-hydrogen) atoms. The van der Waals surface area contributed by atoms with Gasteiger partial charge in [-0.15, -0.1) is 0 Å². The number of benzene rings is 1. The first-order chi connectivity index (χ1) is 14.4. The van der Waals surface area contributed by atoms with Gasteiger partial charge in [0, 0.05) is 11.9 Å². The highest BCUT2D eigenvalue weighted by Crippen LogP contribution is 2.31. The molecule has 0 radical (unpaired) electrons. The molecule has 9 nitrogen and oxygen atoms in total. The fraction of sp³-hybridized carbons (Fsp3) is 0.381. The number of aromatic nitrogens is 1. The third-order valence-electron chi connectivity index (χ3n) is 5.79. The van der Waals surface area contributed by atoms with Crippen LogP contribution in [-0.2, 0) is 15.1 Å². The molecule has 3 heterocycles. The second kappa shape index (κ2) is 7.83. The summed E-state index contributed by atoms with van der Waals surface area (Å²) in [6.45, 7) is 2.49. The maximum atomic E-state index is 13.0. The molecule has 2 fully saturated rings. The van der Waals surface area contributed by atoms with Crippen molar-refractivity contribution < 1.29 is 19.1 Å². The topological polar surface area (TPSA) is 107 Å². The van der Waals surface area contributed by atoms with Crippen LogP contribution in [0.25, 0.3) is 0 Å². The minimum atomic E-state index is -1.27. The number of methoxy groups -OCH3 is 1. The van der Waals surface area contributed by atoms with Crippen molar-refractivity contribution in [3.63, 3.8) is 0 Å². The van der Waals surface area contributed by atoms with Crippen molar-refractivity contribution >= 4 is 17.8 Å². The number of nitrogens with zero attached hydrogens (tertiary/aromatic N) is 2. The molecule has 158 valence electrons. The Labute approximate surface area is 174 Å². The zero-order chi connectivity index (χ0) is 21.3. The number of carbonyl (C=O) groups is 3. The number of hydrazine groups is 1. The molecule has 4 amide bonds. The summed E-state index contributed by atoms with van der Waals surface area (Å²) in [7, 11) is 1.55. The Morgan fingerprint density at radius 2 is 2.03 bits per heavy atom. The minimum absolute atomic E-state index is 0.0972. The van der Waals surface area contributed by atoms with Crippen LogP contribution in [-0.4, -0.2) is 52.9 Å². The van der Waals surface area contributed by atoms with Crippen molar-refractivity contribution in [2.45, 2.75) is 31.3 Å². The molecule has 0 bridgehead atoms. The minimum Gasteiger partial charge on any atom is -0.497 e.